The van der Waals surface area contributed by atoms with Crippen LogP contribution in [0.1, 0.15) is 24.2 Å². The van der Waals surface area contributed by atoms with Gasteiger partial charge in [0.1, 0.15) is 5.25 Å². The van der Waals surface area contributed by atoms with E-state index in [4.69, 9.17) is 0 Å². The standard InChI is InChI=1S/C11H13BrO3S/c1-3-16(14,15)8(2)11(13)9-4-6-10(12)7-5-9/h4-8H,3H2,1-2H3. The van der Waals surface area contributed by atoms with E-state index in [0.717, 1.165) is 4.47 Å². The van der Waals surface area contributed by atoms with E-state index in [1.165, 1.54) is 6.92 Å². The molecular formula is C11H13BrO3S. The highest BCUT2D eigenvalue weighted by molar-refractivity contribution is 9.10. The van der Waals surface area contributed by atoms with Crippen molar-refractivity contribution in [3.05, 3.63) is 34.3 Å². The molecular weight excluding hydrogens is 292 g/mol. The lowest BCUT2D eigenvalue weighted by Gasteiger charge is -2.10. The number of carbonyl (C=O) groups excluding carboxylic acids is 1. The summed E-state index contributed by atoms with van der Waals surface area (Å²) in [6.45, 7) is 2.98. The van der Waals surface area contributed by atoms with E-state index >= 15 is 0 Å². The van der Waals surface area contributed by atoms with Gasteiger partial charge >= 0.3 is 0 Å². The number of sulfone groups is 1. The van der Waals surface area contributed by atoms with Crippen molar-refractivity contribution in [3.8, 4) is 0 Å². The molecule has 0 saturated heterocycles. The molecule has 0 aliphatic rings. The van der Waals surface area contributed by atoms with Crippen LogP contribution in [0.25, 0.3) is 0 Å². The first-order chi connectivity index (χ1) is 7.38. The van der Waals surface area contributed by atoms with Crippen molar-refractivity contribution in [3.63, 3.8) is 0 Å². The van der Waals surface area contributed by atoms with E-state index in [1.807, 2.05) is 0 Å². The first-order valence-electron chi connectivity index (χ1n) is 4.90. The molecule has 0 saturated carbocycles. The number of rotatable bonds is 4. The predicted octanol–water partition coefficient (Wildman–Crippen LogP) is 2.46. The topological polar surface area (TPSA) is 51.2 Å². The van der Waals surface area contributed by atoms with Gasteiger partial charge in [0.15, 0.2) is 15.6 Å². The van der Waals surface area contributed by atoms with Gasteiger partial charge in [-0.2, -0.15) is 0 Å². The Labute approximate surface area is 104 Å². The van der Waals surface area contributed by atoms with Gasteiger partial charge in [0, 0.05) is 15.8 Å². The predicted molar refractivity (Wildman–Crippen MR) is 67.4 cm³/mol. The first-order valence-corrected chi connectivity index (χ1v) is 7.40. The van der Waals surface area contributed by atoms with E-state index in [0.29, 0.717) is 5.56 Å². The summed E-state index contributed by atoms with van der Waals surface area (Å²) < 4.78 is 24.0. The second-order valence-corrected chi connectivity index (χ2v) is 6.99. The smallest absolute Gasteiger partial charge is 0.180 e. The molecule has 0 amide bonds. The van der Waals surface area contributed by atoms with E-state index in [2.05, 4.69) is 15.9 Å². The van der Waals surface area contributed by atoms with Crippen LogP contribution in [0.5, 0.6) is 0 Å². The molecule has 0 spiro atoms. The molecule has 1 aromatic carbocycles. The Kier molecular flexibility index (Phi) is 4.27. The van der Waals surface area contributed by atoms with Crippen LogP contribution in [-0.4, -0.2) is 25.2 Å². The molecule has 0 aliphatic carbocycles. The van der Waals surface area contributed by atoms with Crippen LogP contribution in [0.3, 0.4) is 0 Å². The Morgan fingerprint density at radius 2 is 1.81 bits per heavy atom. The Bertz CT molecular complexity index is 476. The molecule has 16 heavy (non-hydrogen) atoms. The van der Waals surface area contributed by atoms with Crippen LogP contribution in [0.15, 0.2) is 28.7 Å². The molecule has 0 radical (unpaired) electrons. The minimum Gasteiger partial charge on any atom is -0.293 e. The molecule has 0 fully saturated rings. The summed E-state index contributed by atoms with van der Waals surface area (Å²) >= 11 is 3.26. The molecule has 5 heteroatoms. The largest absolute Gasteiger partial charge is 0.293 e. The lowest BCUT2D eigenvalue weighted by molar-refractivity contribution is 0.0991. The molecule has 0 aromatic heterocycles. The lowest BCUT2D eigenvalue weighted by atomic mass is 10.1. The molecule has 88 valence electrons. The molecule has 0 bridgehead atoms. The number of hydrogen-bond acceptors (Lipinski definition) is 3. The molecule has 1 rings (SSSR count). The Hall–Kier alpha value is -0.680. The van der Waals surface area contributed by atoms with Gasteiger partial charge in [0.2, 0.25) is 0 Å². The number of carbonyl (C=O) groups is 1. The van der Waals surface area contributed by atoms with Crippen LogP contribution >= 0.6 is 15.9 Å². The van der Waals surface area contributed by atoms with Crippen molar-refractivity contribution in [2.24, 2.45) is 0 Å². The van der Waals surface area contributed by atoms with Crippen LogP contribution in [-0.2, 0) is 9.84 Å². The van der Waals surface area contributed by atoms with Gasteiger partial charge in [-0.05, 0) is 19.1 Å². The van der Waals surface area contributed by atoms with Gasteiger partial charge in [-0.25, -0.2) is 8.42 Å². The van der Waals surface area contributed by atoms with Gasteiger partial charge in [0.05, 0.1) is 0 Å². The number of hydrogen-bond donors (Lipinski definition) is 0. The van der Waals surface area contributed by atoms with Gasteiger partial charge in [-0.15, -0.1) is 0 Å². The van der Waals surface area contributed by atoms with Crippen molar-refractivity contribution in [1.82, 2.24) is 0 Å². The highest BCUT2D eigenvalue weighted by Crippen LogP contribution is 2.14. The average Bonchev–Trinajstić information content (AvgIpc) is 2.28. The molecule has 1 aromatic rings. The van der Waals surface area contributed by atoms with Gasteiger partial charge in [-0.3, -0.25) is 4.79 Å². The maximum absolute atomic E-state index is 11.9. The fraction of sp³-hybridized carbons (Fsp3) is 0.364. The van der Waals surface area contributed by atoms with Gasteiger partial charge < -0.3 is 0 Å². The Morgan fingerprint density at radius 1 is 1.31 bits per heavy atom. The molecule has 1 unspecified atom stereocenters. The minimum atomic E-state index is -3.32. The van der Waals surface area contributed by atoms with E-state index in [9.17, 15) is 13.2 Å². The monoisotopic (exact) mass is 304 g/mol. The zero-order valence-electron chi connectivity index (χ0n) is 9.10. The summed E-state index contributed by atoms with van der Waals surface area (Å²) in [5.74, 6) is -0.370. The van der Waals surface area contributed by atoms with Crippen molar-refractivity contribution in [2.75, 3.05) is 5.75 Å². The maximum Gasteiger partial charge on any atom is 0.180 e. The van der Waals surface area contributed by atoms with E-state index in [-0.39, 0.29) is 11.5 Å². The average molecular weight is 305 g/mol. The fourth-order valence-corrected chi connectivity index (χ4v) is 2.49. The number of benzene rings is 1. The second-order valence-electron chi connectivity index (χ2n) is 3.46. The zero-order chi connectivity index (χ0) is 12.3. The minimum absolute atomic E-state index is 0.0174. The second kappa shape index (κ2) is 5.10. The van der Waals surface area contributed by atoms with Crippen molar-refractivity contribution in [1.29, 1.82) is 0 Å². The maximum atomic E-state index is 11.9. The third-order valence-electron chi connectivity index (χ3n) is 2.44. The SMILES string of the molecule is CCS(=O)(=O)C(C)C(=O)c1ccc(Br)cc1. The van der Waals surface area contributed by atoms with Crippen LogP contribution in [0.2, 0.25) is 0 Å². The van der Waals surface area contributed by atoms with Crippen molar-refractivity contribution < 1.29 is 13.2 Å². The molecule has 0 N–H and O–H groups in total. The van der Waals surface area contributed by atoms with Gasteiger partial charge in [0.25, 0.3) is 0 Å². The molecule has 0 aliphatic heterocycles. The summed E-state index contributed by atoms with van der Waals surface area (Å²) in [4.78, 5) is 11.9. The van der Waals surface area contributed by atoms with E-state index < -0.39 is 15.1 Å². The van der Waals surface area contributed by atoms with Crippen molar-refractivity contribution >= 4 is 31.6 Å². The van der Waals surface area contributed by atoms with Crippen LogP contribution in [0, 0.1) is 0 Å². The zero-order valence-corrected chi connectivity index (χ0v) is 11.5. The summed E-state index contributed by atoms with van der Waals surface area (Å²) in [7, 11) is -3.32. The summed E-state index contributed by atoms with van der Waals surface area (Å²) in [6, 6.07) is 6.68. The first kappa shape index (κ1) is 13.4. The lowest BCUT2D eigenvalue weighted by Crippen LogP contribution is -2.28. The fourth-order valence-electron chi connectivity index (χ4n) is 1.26. The van der Waals surface area contributed by atoms with Crippen LogP contribution < -0.4 is 0 Å². The molecule has 3 nitrogen and oxygen atoms in total. The van der Waals surface area contributed by atoms with E-state index in [1.54, 1.807) is 31.2 Å². The van der Waals surface area contributed by atoms with Crippen LogP contribution in [0.4, 0.5) is 0 Å². The summed E-state index contributed by atoms with van der Waals surface area (Å²) in [6.07, 6.45) is 0. The quantitative estimate of drug-likeness (QED) is 0.803. The summed E-state index contributed by atoms with van der Waals surface area (Å²) in [5, 5.41) is -0.973. The molecule has 0 heterocycles. The number of ketones is 1. The normalized spacial score (nSPS) is 13.4. The number of Topliss-reactive ketones (excluding diaryl/α,β-unsaturated/α-hetero) is 1. The highest BCUT2D eigenvalue weighted by Gasteiger charge is 2.26. The third kappa shape index (κ3) is 2.92. The van der Waals surface area contributed by atoms with Gasteiger partial charge in [-0.1, -0.05) is 35.0 Å². The molecule has 1 atom stereocenters. The van der Waals surface area contributed by atoms with Crippen molar-refractivity contribution in [2.45, 2.75) is 19.1 Å². The Morgan fingerprint density at radius 3 is 2.25 bits per heavy atom. The third-order valence-corrected chi connectivity index (χ3v) is 5.06. The Balaban J connectivity index is 2.99. The highest BCUT2D eigenvalue weighted by atomic mass is 79.9. The number of halogens is 1. The summed E-state index contributed by atoms with van der Waals surface area (Å²) in [5.41, 5.74) is 0.424.